The van der Waals surface area contributed by atoms with Crippen LogP contribution in [0.5, 0.6) is 0 Å². The quantitative estimate of drug-likeness (QED) is 0.299. The first-order chi connectivity index (χ1) is 9.27. The van der Waals surface area contributed by atoms with Crippen LogP contribution in [0.2, 0.25) is 0 Å². The number of nitrogen functional groups attached to an aromatic ring is 1. The van der Waals surface area contributed by atoms with E-state index in [1.165, 1.54) is 19.2 Å². The van der Waals surface area contributed by atoms with Crippen LogP contribution in [0.1, 0.15) is 19.5 Å². The van der Waals surface area contributed by atoms with E-state index in [4.69, 9.17) is 15.7 Å². The summed E-state index contributed by atoms with van der Waals surface area (Å²) in [5.41, 5.74) is 4.04. The van der Waals surface area contributed by atoms with Gasteiger partial charge in [0, 0.05) is 5.38 Å². The molecule has 1 aromatic rings. The zero-order chi connectivity index (χ0) is 15.3. The van der Waals surface area contributed by atoms with Crippen molar-refractivity contribution in [2.45, 2.75) is 19.4 Å². The number of oxime groups is 1. The van der Waals surface area contributed by atoms with E-state index in [-0.39, 0.29) is 27.5 Å². The predicted octanol–water partition coefficient (Wildman–Crippen LogP) is -2.10. The molecule has 0 fully saturated rings. The molecule has 0 saturated carbocycles. The maximum atomic E-state index is 11.9. The number of amides is 1. The number of nitrogens with zero attached hydrogens (tertiary/aromatic N) is 2. The molecule has 8 N–H and O–H groups in total. The topological polar surface area (TPSA) is 190 Å². The summed E-state index contributed by atoms with van der Waals surface area (Å²) in [4.78, 5) is 31.7. The number of carboxylic acid groups (broad SMARTS) is 1. The van der Waals surface area contributed by atoms with Crippen LogP contribution < -0.4 is 11.1 Å². The number of nitrogens with two attached hydrogens (primary N) is 1. The lowest BCUT2D eigenvalue weighted by molar-refractivity contribution is -0.161. The lowest BCUT2D eigenvalue weighted by Crippen LogP contribution is -2.36. The van der Waals surface area contributed by atoms with E-state index in [0.717, 1.165) is 11.3 Å². The molecule has 0 atom stereocenters. The summed E-state index contributed by atoms with van der Waals surface area (Å²) in [6.45, 7) is 2.64. The minimum atomic E-state index is -1.56. The number of anilines is 1. The summed E-state index contributed by atoms with van der Waals surface area (Å²) >= 11 is 3.46. The maximum absolute atomic E-state index is 11.9. The monoisotopic (exact) mass is 348 g/mol. The fourth-order valence-electron chi connectivity index (χ4n) is 0.976. The van der Waals surface area contributed by atoms with Crippen molar-refractivity contribution in [2.24, 2.45) is 5.16 Å². The molecule has 0 aliphatic heterocycles. The van der Waals surface area contributed by atoms with Crippen molar-refractivity contribution in [1.82, 2.24) is 10.3 Å². The molecule has 0 aromatic carbocycles. The van der Waals surface area contributed by atoms with Crippen LogP contribution in [0.25, 0.3) is 0 Å². The first kappa shape index (κ1) is 22.6. The van der Waals surface area contributed by atoms with Crippen LogP contribution in [0.15, 0.2) is 10.5 Å². The lowest BCUT2D eigenvalue weighted by Gasteiger charge is -2.17. The van der Waals surface area contributed by atoms with Crippen molar-refractivity contribution in [2.75, 3.05) is 11.1 Å². The Morgan fingerprint density at radius 2 is 2.14 bits per heavy atom. The van der Waals surface area contributed by atoms with E-state index >= 15 is 0 Å². The average molecular weight is 348 g/mol. The van der Waals surface area contributed by atoms with Gasteiger partial charge in [0.15, 0.2) is 27.1 Å². The maximum Gasteiger partial charge on any atom is 0.350 e. The third kappa shape index (κ3) is 5.96. The molecule has 1 heterocycles. The van der Waals surface area contributed by atoms with Gasteiger partial charge in [-0.2, -0.15) is 0 Å². The highest BCUT2D eigenvalue weighted by molar-refractivity contribution is 7.13. The van der Waals surface area contributed by atoms with Crippen LogP contribution in [0, 0.1) is 0 Å². The second-order valence-electron chi connectivity index (χ2n) is 4.13. The number of hydrogen-bond donors (Lipinski definition) is 3. The van der Waals surface area contributed by atoms with Gasteiger partial charge in [-0.1, -0.05) is 10.6 Å². The summed E-state index contributed by atoms with van der Waals surface area (Å²) in [5.74, 6) is -1.74. The number of carbonyl (C=O) groups excluding carboxylic acids is 1. The van der Waals surface area contributed by atoms with Crippen molar-refractivity contribution >= 4 is 50.3 Å². The normalized spacial score (nSPS) is 10.9. The van der Waals surface area contributed by atoms with Crippen molar-refractivity contribution in [3.8, 4) is 0 Å². The number of aromatic nitrogens is 1. The highest BCUT2D eigenvalue weighted by atomic mass is 32.1. The van der Waals surface area contributed by atoms with Gasteiger partial charge in [-0.3, -0.25) is 4.79 Å². The Morgan fingerprint density at radius 1 is 1.55 bits per heavy atom. The molecular weight excluding hydrogens is 331 g/mol. The highest BCUT2D eigenvalue weighted by Gasteiger charge is 2.30. The molecule has 0 aliphatic rings. The standard InChI is InChI=1S/C10H13N4O4S.Al.2H2O/c1-10(2,8(16)17)18-14-6(7(15)12-3)5-4-19-9(11)13-5;;;/h4H,3H2,1-2H3,(H2,11,13)(H,12,15)(H,16,17);;2*1H2/b14-6-;;;. The van der Waals surface area contributed by atoms with Crippen LogP contribution in [-0.2, 0) is 14.4 Å². The van der Waals surface area contributed by atoms with Gasteiger partial charge >= 0.3 is 5.97 Å². The van der Waals surface area contributed by atoms with Gasteiger partial charge < -0.3 is 31.9 Å². The van der Waals surface area contributed by atoms with Crippen molar-refractivity contribution < 1.29 is 30.5 Å². The Morgan fingerprint density at radius 3 is 2.55 bits per heavy atom. The van der Waals surface area contributed by atoms with Gasteiger partial charge in [0.05, 0.1) is 0 Å². The summed E-state index contributed by atoms with van der Waals surface area (Å²) in [6.07, 6.45) is 0. The minimum Gasteiger partial charge on any atom is -0.478 e. The zero-order valence-corrected chi connectivity index (χ0v) is 13.9. The van der Waals surface area contributed by atoms with Crippen LogP contribution in [0.4, 0.5) is 5.13 Å². The fourth-order valence-corrected chi connectivity index (χ4v) is 1.71. The molecule has 22 heavy (non-hydrogen) atoms. The van der Waals surface area contributed by atoms with Crippen LogP contribution in [0.3, 0.4) is 0 Å². The van der Waals surface area contributed by atoms with Gasteiger partial charge in [-0.25, -0.2) is 9.78 Å². The number of carboxylic acids is 1. The third-order valence-corrected chi connectivity index (χ3v) is 3.00. The Labute approximate surface area is 138 Å². The second-order valence-corrected chi connectivity index (χ2v) is 5.43. The molecule has 0 spiro atoms. The molecular formula is C10H17AlN4O6S. The zero-order valence-electron chi connectivity index (χ0n) is 11.9. The molecule has 0 bridgehead atoms. The van der Waals surface area contributed by atoms with Gasteiger partial charge in [0.1, 0.15) is 5.69 Å². The molecule has 122 valence electrons. The molecule has 10 nitrogen and oxygen atoms in total. The molecule has 12 heteroatoms. The summed E-state index contributed by atoms with van der Waals surface area (Å²) < 4.78 is 0. The molecule has 0 saturated heterocycles. The van der Waals surface area contributed by atoms with E-state index in [1.807, 2.05) is 0 Å². The van der Waals surface area contributed by atoms with E-state index in [0.29, 0.717) is 5.41 Å². The van der Waals surface area contributed by atoms with E-state index in [2.05, 4.69) is 31.7 Å². The van der Waals surface area contributed by atoms with Crippen LogP contribution in [-0.4, -0.2) is 65.9 Å². The molecule has 2 radical (unpaired) electrons. The summed E-state index contributed by atoms with van der Waals surface area (Å²) in [5, 5.41) is 17.2. The Balaban J connectivity index is 0. The molecule has 0 aliphatic carbocycles. The van der Waals surface area contributed by atoms with Crippen molar-refractivity contribution in [3.63, 3.8) is 0 Å². The number of thiazole rings is 1. The lowest BCUT2D eigenvalue weighted by atomic mass is 10.1. The molecule has 0 unspecified atom stereocenters. The summed E-state index contributed by atoms with van der Waals surface area (Å²) in [6, 6.07) is 0. The van der Waals surface area contributed by atoms with Gasteiger partial charge in [-0.15, -0.1) is 11.3 Å². The van der Waals surface area contributed by atoms with Crippen LogP contribution >= 0.6 is 11.3 Å². The number of rotatable bonds is 6. The molecule has 1 aromatic heterocycles. The van der Waals surface area contributed by atoms with Gasteiger partial charge in [-0.05, 0) is 13.8 Å². The predicted molar refractivity (Wildman–Crippen MR) is 81.9 cm³/mol. The van der Waals surface area contributed by atoms with Crippen molar-refractivity contribution in [3.05, 3.63) is 11.1 Å². The Bertz CT molecular complexity index is 547. The number of carbonyl (C=O) groups is 2. The number of aliphatic carboxylic acids is 1. The smallest absolute Gasteiger partial charge is 0.350 e. The fraction of sp³-hybridized carbons (Fsp3) is 0.400. The van der Waals surface area contributed by atoms with Gasteiger partial charge in [0.25, 0.3) is 5.91 Å². The summed E-state index contributed by atoms with van der Waals surface area (Å²) in [7, 11) is 0. The Kier molecular flexibility index (Phi) is 9.58. The Hall–Kier alpha value is -1.71. The SMILES string of the molecule is CC(C)(O/N=C(\C(=O)N[CH2][Al])c1csc(N)n1)C(=O)O.O.O. The highest BCUT2D eigenvalue weighted by Crippen LogP contribution is 2.15. The largest absolute Gasteiger partial charge is 0.478 e. The third-order valence-electron chi connectivity index (χ3n) is 2.12. The van der Waals surface area contributed by atoms with E-state index in [9.17, 15) is 9.59 Å². The first-order valence-electron chi connectivity index (χ1n) is 5.47. The van der Waals surface area contributed by atoms with E-state index < -0.39 is 17.5 Å². The minimum absolute atomic E-state index is 0. The second kappa shape index (κ2) is 9.34. The van der Waals surface area contributed by atoms with Crippen molar-refractivity contribution in [1.29, 1.82) is 0 Å². The molecule has 1 rings (SSSR count). The average Bonchev–Trinajstić information content (AvgIpc) is 2.76. The van der Waals surface area contributed by atoms with E-state index in [1.54, 1.807) is 0 Å². The number of hydrogen-bond acceptors (Lipinski definition) is 7. The van der Waals surface area contributed by atoms with Gasteiger partial charge in [0.2, 0.25) is 5.60 Å². The molecule has 1 amide bonds. The first-order valence-corrected chi connectivity index (χ1v) is 7.16. The number of nitrogens with one attached hydrogen (secondary N) is 1.